The molecule has 3 aliphatic rings. The van der Waals surface area contributed by atoms with Crippen LogP contribution in [0.3, 0.4) is 0 Å². The lowest BCUT2D eigenvalue weighted by atomic mass is 9.95. The van der Waals surface area contributed by atoms with Gasteiger partial charge in [-0.2, -0.15) is 0 Å². The third-order valence-corrected chi connectivity index (χ3v) is 8.17. The molecule has 1 aromatic carbocycles. The first-order valence-electron chi connectivity index (χ1n) is 14.4. The molecule has 8 heteroatoms. The number of nitrogens with zero attached hydrogens (tertiary/aromatic N) is 3. The van der Waals surface area contributed by atoms with Crippen molar-refractivity contribution in [3.8, 4) is 0 Å². The number of pyridine rings is 1. The molecule has 0 spiro atoms. The smallest absolute Gasteiger partial charge is 0.305 e. The zero-order valence-corrected chi connectivity index (χ0v) is 22.3. The van der Waals surface area contributed by atoms with Gasteiger partial charge in [-0.25, -0.2) is 4.98 Å². The second kappa shape index (κ2) is 12.6. The van der Waals surface area contributed by atoms with Crippen molar-refractivity contribution < 1.29 is 14.7 Å². The lowest BCUT2D eigenvalue weighted by molar-refractivity contribution is -0.138. The number of nitrogens with one attached hydrogen (secondary N) is 2. The van der Waals surface area contributed by atoms with Gasteiger partial charge >= 0.3 is 5.97 Å². The Morgan fingerprint density at radius 2 is 1.97 bits per heavy atom. The molecule has 0 aliphatic carbocycles. The van der Waals surface area contributed by atoms with Crippen LogP contribution in [0, 0.1) is 5.92 Å². The van der Waals surface area contributed by atoms with Crippen molar-refractivity contribution >= 4 is 23.4 Å². The van der Waals surface area contributed by atoms with Crippen LogP contribution in [0.4, 0.5) is 11.5 Å². The van der Waals surface area contributed by atoms with Crippen LogP contribution in [0.2, 0.25) is 0 Å². The number of likely N-dealkylation sites (tertiary alicyclic amines) is 1. The second-order valence-electron chi connectivity index (χ2n) is 11.0. The van der Waals surface area contributed by atoms with Crippen molar-refractivity contribution in [2.45, 2.75) is 63.8 Å². The molecule has 5 rings (SSSR count). The third kappa shape index (κ3) is 6.84. The van der Waals surface area contributed by atoms with Crippen LogP contribution in [0.15, 0.2) is 36.4 Å². The van der Waals surface area contributed by atoms with Crippen molar-refractivity contribution in [2.75, 3.05) is 49.5 Å². The van der Waals surface area contributed by atoms with Gasteiger partial charge in [-0.05, 0) is 93.8 Å². The fraction of sp³-hybridized carbons (Fsp3) is 0.567. The summed E-state index contributed by atoms with van der Waals surface area (Å²) in [5, 5.41) is 16.1. The SMILES string of the molecule is O=C(O)C[C@H](NC(=O)[C@@H]1CCCN(CCCc2ccc3c(n2)NCCC3)C1)c1cccc(N2CCCC2)c1. The molecule has 8 nitrogen and oxygen atoms in total. The molecule has 1 amide bonds. The van der Waals surface area contributed by atoms with Gasteiger partial charge in [0.2, 0.25) is 5.91 Å². The minimum Gasteiger partial charge on any atom is -0.481 e. The fourth-order valence-electron chi connectivity index (χ4n) is 6.09. The van der Waals surface area contributed by atoms with Crippen LogP contribution < -0.4 is 15.5 Å². The lowest BCUT2D eigenvalue weighted by Gasteiger charge is -2.33. The molecule has 2 atom stereocenters. The predicted molar refractivity (Wildman–Crippen MR) is 150 cm³/mol. The summed E-state index contributed by atoms with van der Waals surface area (Å²) in [5.41, 5.74) is 4.41. The Balaban J connectivity index is 1.15. The van der Waals surface area contributed by atoms with Crippen LogP contribution in [-0.2, 0) is 22.4 Å². The Morgan fingerprint density at radius 1 is 1.11 bits per heavy atom. The zero-order valence-electron chi connectivity index (χ0n) is 22.3. The van der Waals surface area contributed by atoms with Gasteiger partial charge in [0.15, 0.2) is 0 Å². The summed E-state index contributed by atoms with van der Waals surface area (Å²) < 4.78 is 0. The summed E-state index contributed by atoms with van der Waals surface area (Å²) in [7, 11) is 0. The van der Waals surface area contributed by atoms with Crippen molar-refractivity contribution in [3.63, 3.8) is 0 Å². The molecule has 3 aliphatic heterocycles. The van der Waals surface area contributed by atoms with Gasteiger partial charge in [-0.3, -0.25) is 9.59 Å². The summed E-state index contributed by atoms with van der Waals surface area (Å²) >= 11 is 0. The van der Waals surface area contributed by atoms with Crippen molar-refractivity contribution in [1.29, 1.82) is 0 Å². The fourth-order valence-corrected chi connectivity index (χ4v) is 6.09. The topological polar surface area (TPSA) is 97.8 Å². The molecule has 2 aromatic rings. The summed E-state index contributed by atoms with van der Waals surface area (Å²) in [4.78, 5) is 34.5. The van der Waals surface area contributed by atoms with E-state index in [2.05, 4.69) is 44.7 Å². The number of aliphatic carboxylic acids is 1. The summed E-state index contributed by atoms with van der Waals surface area (Å²) in [5.74, 6) is -0.00805. The number of rotatable bonds is 10. The number of carboxylic acids is 1. The average Bonchev–Trinajstić information content (AvgIpc) is 3.48. The van der Waals surface area contributed by atoms with Crippen LogP contribution in [0.25, 0.3) is 0 Å². The number of amides is 1. The molecule has 204 valence electrons. The molecule has 2 saturated heterocycles. The Hall–Kier alpha value is -3.13. The molecular formula is C30H41N5O3. The van der Waals surface area contributed by atoms with Gasteiger partial charge in [-0.1, -0.05) is 18.2 Å². The standard InChI is InChI=1S/C30H41N5O3/c36-28(37)20-27(23-7-3-11-26(19-23)35-17-1-2-18-35)33-30(38)24-9-5-15-34(21-24)16-6-10-25-13-12-22-8-4-14-31-29(22)32-25/h3,7,11-13,19,24,27H,1-2,4-6,8-10,14-18,20-21H2,(H,31,32)(H,33,38)(H,36,37)/t24-,27+/m1/s1. The normalized spacial score (nSPS) is 20.4. The van der Waals surface area contributed by atoms with Crippen molar-refractivity contribution in [2.24, 2.45) is 5.92 Å². The van der Waals surface area contributed by atoms with E-state index in [1.54, 1.807) is 0 Å². The van der Waals surface area contributed by atoms with E-state index in [-0.39, 0.29) is 18.2 Å². The molecule has 2 fully saturated rings. The third-order valence-electron chi connectivity index (χ3n) is 8.17. The first-order valence-corrected chi connectivity index (χ1v) is 14.4. The van der Waals surface area contributed by atoms with Gasteiger partial charge in [0.05, 0.1) is 18.4 Å². The number of aromatic nitrogens is 1. The maximum absolute atomic E-state index is 13.3. The molecule has 3 N–H and O–H groups in total. The van der Waals surface area contributed by atoms with E-state index < -0.39 is 12.0 Å². The minimum absolute atomic E-state index is 0.0325. The van der Waals surface area contributed by atoms with E-state index in [1.165, 1.54) is 24.8 Å². The Morgan fingerprint density at radius 3 is 2.82 bits per heavy atom. The molecule has 38 heavy (non-hydrogen) atoms. The van der Waals surface area contributed by atoms with E-state index in [9.17, 15) is 14.7 Å². The highest BCUT2D eigenvalue weighted by molar-refractivity contribution is 5.80. The monoisotopic (exact) mass is 519 g/mol. The van der Waals surface area contributed by atoms with Gasteiger partial charge in [0, 0.05) is 37.6 Å². The summed E-state index contributed by atoms with van der Waals surface area (Å²) in [6.45, 7) is 5.70. The van der Waals surface area contributed by atoms with Crippen molar-refractivity contribution in [1.82, 2.24) is 15.2 Å². The molecule has 0 saturated carbocycles. The number of carbonyl (C=O) groups excluding carboxylic acids is 1. The van der Waals surface area contributed by atoms with E-state index in [1.807, 2.05) is 12.1 Å². The number of hydrogen-bond acceptors (Lipinski definition) is 6. The van der Waals surface area contributed by atoms with E-state index in [0.29, 0.717) is 0 Å². The van der Waals surface area contributed by atoms with E-state index in [0.717, 1.165) is 94.1 Å². The molecule has 0 unspecified atom stereocenters. The van der Waals surface area contributed by atoms with Crippen LogP contribution in [0.1, 0.15) is 67.8 Å². The van der Waals surface area contributed by atoms with Crippen LogP contribution in [0.5, 0.6) is 0 Å². The minimum atomic E-state index is -0.905. The molecule has 0 bridgehead atoms. The van der Waals surface area contributed by atoms with Gasteiger partial charge in [-0.15, -0.1) is 0 Å². The van der Waals surface area contributed by atoms with E-state index in [4.69, 9.17) is 4.98 Å². The first-order chi connectivity index (χ1) is 18.5. The highest BCUT2D eigenvalue weighted by atomic mass is 16.4. The van der Waals surface area contributed by atoms with Crippen molar-refractivity contribution in [3.05, 3.63) is 53.2 Å². The predicted octanol–water partition coefficient (Wildman–Crippen LogP) is 4.02. The number of anilines is 2. The van der Waals surface area contributed by atoms with Gasteiger partial charge in [0.1, 0.15) is 5.82 Å². The highest BCUT2D eigenvalue weighted by Gasteiger charge is 2.28. The Labute approximate surface area is 225 Å². The number of aryl methyl sites for hydroxylation is 2. The van der Waals surface area contributed by atoms with Crippen LogP contribution >= 0.6 is 0 Å². The van der Waals surface area contributed by atoms with Crippen LogP contribution in [-0.4, -0.2) is 66.1 Å². The van der Waals surface area contributed by atoms with Gasteiger partial charge < -0.3 is 25.5 Å². The molecule has 4 heterocycles. The highest BCUT2D eigenvalue weighted by Crippen LogP contribution is 2.27. The number of piperidine rings is 1. The van der Waals surface area contributed by atoms with E-state index >= 15 is 0 Å². The molecule has 1 aromatic heterocycles. The number of benzene rings is 1. The Kier molecular flexibility index (Phi) is 8.79. The zero-order chi connectivity index (χ0) is 26.3. The summed E-state index contributed by atoms with van der Waals surface area (Å²) in [6.07, 6.45) is 8.26. The maximum Gasteiger partial charge on any atom is 0.305 e. The second-order valence-corrected chi connectivity index (χ2v) is 11.0. The number of hydrogen-bond donors (Lipinski definition) is 3. The molecule has 0 radical (unpaired) electrons. The Bertz CT molecular complexity index is 1120. The van der Waals surface area contributed by atoms with Gasteiger partial charge in [0.25, 0.3) is 0 Å². The summed E-state index contributed by atoms with van der Waals surface area (Å²) in [6, 6.07) is 11.9. The largest absolute Gasteiger partial charge is 0.481 e. The first kappa shape index (κ1) is 26.5. The maximum atomic E-state index is 13.3. The number of carboxylic acid groups (broad SMARTS) is 1. The average molecular weight is 520 g/mol. The number of carbonyl (C=O) groups is 2. The number of fused-ring (bicyclic) bond motifs is 1. The quantitative estimate of drug-likeness (QED) is 0.436. The lowest BCUT2D eigenvalue weighted by Crippen LogP contribution is -2.44. The molecular weight excluding hydrogens is 478 g/mol.